The molecule has 21 heavy (non-hydrogen) atoms. The van der Waals surface area contributed by atoms with E-state index >= 15 is 0 Å². The first kappa shape index (κ1) is 15.8. The molecule has 1 saturated heterocycles. The minimum absolute atomic E-state index is 0.0970. The first-order chi connectivity index (χ1) is 10.1. The zero-order valence-electron chi connectivity index (χ0n) is 11.9. The summed E-state index contributed by atoms with van der Waals surface area (Å²) in [5.41, 5.74) is 0.858. The largest absolute Gasteiger partial charge is 0.481 e. The molecule has 0 aromatic heterocycles. The predicted molar refractivity (Wildman–Crippen MR) is 81.3 cm³/mol. The van der Waals surface area contributed by atoms with Crippen molar-refractivity contribution in [1.82, 2.24) is 4.90 Å². The molecule has 0 saturated carbocycles. The summed E-state index contributed by atoms with van der Waals surface area (Å²) < 4.78 is 0. The van der Waals surface area contributed by atoms with E-state index in [0.29, 0.717) is 36.9 Å². The molecule has 1 fully saturated rings. The SMILES string of the molecule is O=C(O)CCC1CCN(C(=O)Cc2ccccc2Cl)CC1. The van der Waals surface area contributed by atoms with Crippen LogP contribution in [0.5, 0.6) is 0 Å². The van der Waals surface area contributed by atoms with E-state index in [-0.39, 0.29) is 12.3 Å². The lowest BCUT2D eigenvalue weighted by Gasteiger charge is -2.32. The molecule has 0 bridgehead atoms. The van der Waals surface area contributed by atoms with Gasteiger partial charge in [-0.15, -0.1) is 0 Å². The van der Waals surface area contributed by atoms with Crippen molar-refractivity contribution < 1.29 is 14.7 Å². The second-order valence-corrected chi connectivity index (χ2v) is 5.93. The summed E-state index contributed by atoms with van der Waals surface area (Å²) in [6.07, 6.45) is 3.04. The molecule has 0 spiro atoms. The summed E-state index contributed by atoms with van der Waals surface area (Å²) in [5, 5.41) is 9.32. The van der Waals surface area contributed by atoms with E-state index in [2.05, 4.69) is 0 Å². The maximum Gasteiger partial charge on any atom is 0.303 e. The minimum atomic E-state index is -0.743. The van der Waals surface area contributed by atoms with Crippen LogP contribution >= 0.6 is 11.6 Å². The van der Waals surface area contributed by atoms with E-state index < -0.39 is 5.97 Å². The Morgan fingerprint density at radius 3 is 2.52 bits per heavy atom. The molecule has 0 atom stereocenters. The summed E-state index contributed by atoms with van der Waals surface area (Å²) in [4.78, 5) is 24.7. The van der Waals surface area contributed by atoms with E-state index in [1.54, 1.807) is 6.07 Å². The van der Waals surface area contributed by atoms with E-state index in [9.17, 15) is 9.59 Å². The number of carboxylic acids is 1. The second-order valence-electron chi connectivity index (χ2n) is 5.52. The molecular formula is C16H20ClNO3. The molecule has 1 aliphatic rings. The number of halogens is 1. The van der Waals surface area contributed by atoms with Gasteiger partial charge in [0.15, 0.2) is 0 Å². The van der Waals surface area contributed by atoms with Gasteiger partial charge < -0.3 is 10.0 Å². The monoisotopic (exact) mass is 309 g/mol. The Bertz CT molecular complexity index is 510. The van der Waals surface area contributed by atoms with Crippen molar-refractivity contribution in [3.8, 4) is 0 Å². The van der Waals surface area contributed by atoms with Crippen molar-refractivity contribution in [3.63, 3.8) is 0 Å². The van der Waals surface area contributed by atoms with Crippen LogP contribution in [0.1, 0.15) is 31.2 Å². The van der Waals surface area contributed by atoms with Crippen LogP contribution in [0, 0.1) is 5.92 Å². The summed E-state index contributed by atoms with van der Waals surface area (Å²) in [6.45, 7) is 1.43. The van der Waals surface area contributed by atoms with Gasteiger partial charge in [-0.3, -0.25) is 9.59 Å². The third-order valence-corrected chi connectivity index (χ3v) is 4.40. The Hall–Kier alpha value is -1.55. The van der Waals surface area contributed by atoms with Crippen LogP contribution in [-0.4, -0.2) is 35.0 Å². The number of benzene rings is 1. The molecule has 1 aromatic carbocycles. The summed E-state index contributed by atoms with van der Waals surface area (Å²) in [5.74, 6) is -0.225. The molecule has 0 unspecified atom stereocenters. The Kier molecular flexibility index (Phi) is 5.62. The lowest BCUT2D eigenvalue weighted by molar-refractivity contribution is -0.138. The van der Waals surface area contributed by atoms with Gasteiger partial charge in [0.1, 0.15) is 0 Å². The average Bonchev–Trinajstić information content (AvgIpc) is 2.48. The van der Waals surface area contributed by atoms with Gasteiger partial charge in [0.05, 0.1) is 6.42 Å². The summed E-state index contributed by atoms with van der Waals surface area (Å²) in [6, 6.07) is 7.40. The Balaban J connectivity index is 1.81. The van der Waals surface area contributed by atoms with Gasteiger partial charge in [0.2, 0.25) is 5.91 Å². The third-order valence-electron chi connectivity index (χ3n) is 4.03. The Morgan fingerprint density at radius 2 is 1.90 bits per heavy atom. The molecule has 2 rings (SSSR count). The Labute approximate surface area is 129 Å². The summed E-state index contributed by atoms with van der Waals surface area (Å²) in [7, 11) is 0. The molecular weight excluding hydrogens is 290 g/mol. The number of carbonyl (C=O) groups excluding carboxylic acids is 1. The average molecular weight is 310 g/mol. The standard InChI is InChI=1S/C16H20ClNO3/c17-14-4-2-1-3-13(14)11-15(19)18-9-7-12(8-10-18)5-6-16(20)21/h1-4,12H,5-11H2,(H,20,21). The highest BCUT2D eigenvalue weighted by atomic mass is 35.5. The lowest BCUT2D eigenvalue weighted by Crippen LogP contribution is -2.39. The number of amides is 1. The molecule has 1 heterocycles. The van der Waals surface area contributed by atoms with Crippen molar-refractivity contribution in [2.45, 2.75) is 32.1 Å². The predicted octanol–water partition coefficient (Wildman–Crippen LogP) is 2.99. The van der Waals surface area contributed by atoms with Gasteiger partial charge in [-0.05, 0) is 36.8 Å². The number of hydrogen-bond acceptors (Lipinski definition) is 2. The van der Waals surface area contributed by atoms with E-state index in [1.165, 1.54) is 0 Å². The number of rotatable bonds is 5. The van der Waals surface area contributed by atoms with Gasteiger partial charge in [0.25, 0.3) is 0 Å². The van der Waals surface area contributed by atoms with E-state index in [0.717, 1.165) is 18.4 Å². The number of likely N-dealkylation sites (tertiary alicyclic amines) is 1. The van der Waals surface area contributed by atoms with Crippen molar-refractivity contribution in [3.05, 3.63) is 34.9 Å². The normalized spacial score (nSPS) is 16.0. The minimum Gasteiger partial charge on any atom is -0.481 e. The molecule has 1 N–H and O–H groups in total. The zero-order chi connectivity index (χ0) is 15.2. The van der Waals surface area contributed by atoms with Gasteiger partial charge in [-0.2, -0.15) is 0 Å². The topological polar surface area (TPSA) is 57.6 Å². The molecule has 5 heteroatoms. The molecule has 1 amide bonds. The molecule has 0 aliphatic carbocycles. The third kappa shape index (κ3) is 4.74. The number of carbonyl (C=O) groups is 2. The molecule has 4 nitrogen and oxygen atoms in total. The number of aliphatic carboxylic acids is 1. The Morgan fingerprint density at radius 1 is 1.24 bits per heavy atom. The van der Waals surface area contributed by atoms with Gasteiger partial charge in [-0.1, -0.05) is 29.8 Å². The fourth-order valence-electron chi connectivity index (χ4n) is 2.72. The van der Waals surface area contributed by atoms with Crippen molar-refractivity contribution in [2.24, 2.45) is 5.92 Å². The highest BCUT2D eigenvalue weighted by Gasteiger charge is 2.23. The van der Waals surface area contributed by atoms with Crippen LogP contribution in [0.15, 0.2) is 24.3 Å². The van der Waals surface area contributed by atoms with E-state index in [4.69, 9.17) is 16.7 Å². The van der Waals surface area contributed by atoms with Crippen LogP contribution in [-0.2, 0) is 16.0 Å². The number of nitrogens with zero attached hydrogens (tertiary/aromatic N) is 1. The van der Waals surface area contributed by atoms with Crippen LogP contribution < -0.4 is 0 Å². The van der Waals surface area contributed by atoms with Crippen molar-refractivity contribution >= 4 is 23.5 Å². The quantitative estimate of drug-likeness (QED) is 0.909. The molecule has 1 aromatic rings. The van der Waals surface area contributed by atoms with E-state index in [1.807, 2.05) is 23.1 Å². The van der Waals surface area contributed by atoms with Crippen LogP contribution in [0.25, 0.3) is 0 Å². The number of piperidine rings is 1. The summed E-state index contributed by atoms with van der Waals surface area (Å²) >= 11 is 6.07. The van der Waals surface area contributed by atoms with Gasteiger partial charge in [-0.25, -0.2) is 0 Å². The molecule has 0 radical (unpaired) electrons. The number of hydrogen-bond donors (Lipinski definition) is 1. The van der Waals surface area contributed by atoms with Crippen molar-refractivity contribution in [2.75, 3.05) is 13.1 Å². The fraction of sp³-hybridized carbons (Fsp3) is 0.500. The lowest BCUT2D eigenvalue weighted by atomic mass is 9.92. The smallest absolute Gasteiger partial charge is 0.303 e. The highest BCUT2D eigenvalue weighted by Crippen LogP contribution is 2.23. The second kappa shape index (κ2) is 7.46. The maximum atomic E-state index is 12.3. The molecule has 114 valence electrons. The maximum absolute atomic E-state index is 12.3. The number of carboxylic acid groups (broad SMARTS) is 1. The van der Waals surface area contributed by atoms with Crippen LogP contribution in [0.2, 0.25) is 5.02 Å². The van der Waals surface area contributed by atoms with Gasteiger partial charge >= 0.3 is 5.97 Å². The first-order valence-corrected chi connectivity index (χ1v) is 7.67. The molecule has 1 aliphatic heterocycles. The van der Waals surface area contributed by atoms with Crippen LogP contribution in [0.4, 0.5) is 0 Å². The van der Waals surface area contributed by atoms with Crippen molar-refractivity contribution in [1.29, 1.82) is 0 Å². The fourth-order valence-corrected chi connectivity index (χ4v) is 2.92. The van der Waals surface area contributed by atoms with Crippen LogP contribution in [0.3, 0.4) is 0 Å². The van der Waals surface area contributed by atoms with Gasteiger partial charge in [0, 0.05) is 24.5 Å². The zero-order valence-corrected chi connectivity index (χ0v) is 12.7. The highest BCUT2D eigenvalue weighted by molar-refractivity contribution is 6.31. The first-order valence-electron chi connectivity index (χ1n) is 7.29.